The molecule has 0 amide bonds. The highest BCUT2D eigenvalue weighted by molar-refractivity contribution is 5.94. The highest BCUT2D eigenvalue weighted by Gasteiger charge is 2.16. The maximum atomic E-state index is 11.6. The molecule has 0 saturated heterocycles. The third-order valence-electron chi connectivity index (χ3n) is 4.88. The van der Waals surface area contributed by atoms with Crippen molar-refractivity contribution < 1.29 is 24.5 Å². The van der Waals surface area contributed by atoms with Gasteiger partial charge in [0.05, 0.1) is 11.1 Å². The van der Waals surface area contributed by atoms with Gasteiger partial charge in [0.15, 0.2) is 0 Å². The van der Waals surface area contributed by atoms with Crippen LogP contribution in [0.1, 0.15) is 31.8 Å². The van der Waals surface area contributed by atoms with E-state index in [1.807, 2.05) is 54.6 Å². The Morgan fingerprint density at radius 2 is 1.36 bits per heavy atom. The fourth-order valence-corrected chi connectivity index (χ4v) is 3.24. The Balaban J connectivity index is 1.67. The average Bonchev–Trinajstić information content (AvgIpc) is 2.84. The Hall–Kier alpha value is -4.82. The molecule has 0 aromatic heterocycles. The summed E-state index contributed by atoms with van der Waals surface area (Å²) < 4.78 is 5.83. The van der Waals surface area contributed by atoms with Gasteiger partial charge in [-0.25, -0.2) is 9.59 Å². The van der Waals surface area contributed by atoms with E-state index in [-0.39, 0.29) is 16.9 Å². The van der Waals surface area contributed by atoms with Gasteiger partial charge in [-0.2, -0.15) is 0 Å². The lowest BCUT2D eigenvalue weighted by molar-refractivity contribution is 0.0678. The highest BCUT2D eigenvalue weighted by Crippen LogP contribution is 2.29. The average molecular weight is 434 g/mol. The van der Waals surface area contributed by atoms with Gasteiger partial charge in [-0.15, -0.1) is 0 Å². The molecule has 0 saturated carbocycles. The molecule has 0 heterocycles. The third kappa shape index (κ3) is 5.09. The van der Waals surface area contributed by atoms with Crippen LogP contribution in [0.25, 0.3) is 11.1 Å². The van der Waals surface area contributed by atoms with Crippen LogP contribution < -0.4 is 4.74 Å². The van der Waals surface area contributed by atoms with E-state index >= 15 is 0 Å². The standard InChI is InChI=1S/C28H18O5/c29-27(30)23-15-16-24(28(31)32)26(18-23)33-25-12-5-4-10-21(25)14-13-19-7-6-11-22(17-19)20-8-2-1-3-9-20/h1-12,15-18H,(H,29,30)(H,31,32). The quantitative estimate of drug-likeness (QED) is 0.380. The molecule has 0 spiro atoms. The van der Waals surface area contributed by atoms with Crippen molar-refractivity contribution in [2.45, 2.75) is 0 Å². The van der Waals surface area contributed by atoms with E-state index in [9.17, 15) is 19.8 Å². The normalized spacial score (nSPS) is 10.1. The van der Waals surface area contributed by atoms with Gasteiger partial charge in [-0.05, 0) is 53.6 Å². The SMILES string of the molecule is O=C(O)c1ccc(C(=O)O)c(Oc2ccccc2C#Cc2cccc(-c3ccccc3)c2)c1. The molecule has 0 radical (unpaired) electrons. The summed E-state index contributed by atoms with van der Waals surface area (Å²) >= 11 is 0. The lowest BCUT2D eigenvalue weighted by Gasteiger charge is -2.11. The summed E-state index contributed by atoms with van der Waals surface area (Å²) in [7, 11) is 0. The summed E-state index contributed by atoms with van der Waals surface area (Å²) in [6, 6.07) is 28.4. The number of aromatic carboxylic acids is 2. The number of para-hydroxylation sites is 1. The monoisotopic (exact) mass is 434 g/mol. The van der Waals surface area contributed by atoms with Crippen LogP contribution in [0.4, 0.5) is 0 Å². The lowest BCUT2D eigenvalue weighted by atomic mass is 10.0. The first-order chi connectivity index (χ1) is 16.0. The number of carboxylic acids is 2. The number of rotatable bonds is 5. The van der Waals surface area contributed by atoms with Gasteiger partial charge < -0.3 is 14.9 Å². The number of hydrogen-bond acceptors (Lipinski definition) is 3. The van der Waals surface area contributed by atoms with Gasteiger partial charge in [-0.3, -0.25) is 0 Å². The maximum absolute atomic E-state index is 11.6. The van der Waals surface area contributed by atoms with E-state index in [1.165, 1.54) is 18.2 Å². The second-order valence-electron chi connectivity index (χ2n) is 7.12. The minimum Gasteiger partial charge on any atom is -0.478 e. The number of hydrogen-bond donors (Lipinski definition) is 2. The molecule has 33 heavy (non-hydrogen) atoms. The lowest BCUT2D eigenvalue weighted by Crippen LogP contribution is -2.04. The van der Waals surface area contributed by atoms with E-state index in [4.69, 9.17) is 4.74 Å². The molecule has 0 atom stereocenters. The number of ether oxygens (including phenoxy) is 1. The van der Waals surface area contributed by atoms with Crippen LogP contribution in [0, 0.1) is 11.8 Å². The molecular weight excluding hydrogens is 416 g/mol. The second kappa shape index (κ2) is 9.54. The fourth-order valence-electron chi connectivity index (χ4n) is 3.24. The molecule has 160 valence electrons. The maximum Gasteiger partial charge on any atom is 0.339 e. The van der Waals surface area contributed by atoms with Crippen LogP contribution in [0.5, 0.6) is 11.5 Å². The van der Waals surface area contributed by atoms with Crippen molar-refractivity contribution >= 4 is 11.9 Å². The van der Waals surface area contributed by atoms with Crippen molar-refractivity contribution in [3.63, 3.8) is 0 Å². The Kier molecular flexibility index (Phi) is 6.19. The topological polar surface area (TPSA) is 83.8 Å². The molecule has 0 unspecified atom stereocenters. The Labute approximate surface area is 190 Å². The minimum absolute atomic E-state index is 0.0669. The summed E-state index contributed by atoms with van der Waals surface area (Å²) in [6.45, 7) is 0. The summed E-state index contributed by atoms with van der Waals surface area (Å²) in [5, 5.41) is 18.7. The zero-order chi connectivity index (χ0) is 23.2. The van der Waals surface area contributed by atoms with Crippen molar-refractivity contribution in [1.82, 2.24) is 0 Å². The first-order valence-corrected chi connectivity index (χ1v) is 10.1. The number of carboxylic acid groups (broad SMARTS) is 2. The molecule has 2 N–H and O–H groups in total. The molecular formula is C28H18O5. The summed E-state index contributed by atoms with van der Waals surface area (Å²) in [5.41, 5.74) is 3.27. The first kappa shape index (κ1) is 21.4. The fraction of sp³-hybridized carbons (Fsp3) is 0. The molecule has 4 rings (SSSR count). The number of benzene rings is 4. The van der Waals surface area contributed by atoms with Crippen molar-refractivity contribution in [1.29, 1.82) is 0 Å². The molecule has 0 fully saturated rings. The van der Waals surface area contributed by atoms with Crippen LogP contribution in [-0.2, 0) is 0 Å². The van der Waals surface area contributed by atoms with Crippen molar-refractivity contribution in [3.05, 3.63) is 119 Å². The highest BCUT2D eigenvalue weighted by atomic mass is 16.5. The molecule has 4 aromatic rings. The van der Waals surface area contributed by atoms with Crippen molar-refractivity contribution in [2.24, 2.45) is 0 Å². The van der Waals surface area contributed by atoms with E-state index in [0.717, 1.165) is 16.7 Å². The van der Waals surface area contributed by atoms with Crippen LogP contribution >= 0.6 is 0 Å². The first-order valence-electron chi connectivity index (χ1n) is 10.1. The van der Waals surface area contributed by atoms with Gasteiger partial charge in [0.1, 0.15) is 17.1 Å². The van der Waals surface area contributed by atoms with E-state index in [0.29, 0.717) is 11.3 Å². The molecule has 5 heteroatoms. The molecule has 0 bridgehead atoms. The Bertz CT molecular complexity index is 1390. The van der Waals surface area contributed by atoms with Gasteiger partial charge in [-0.1, -0.05) is 66.4 Å². The molecule has 0 aliphatic heterocycles. The van der Waals surface area contributed by atoms with Crippen LogP contribution in [0.2, 0.25) is 0 Å². The summed E-state index contributed by atoms with van der Waals surface area (Å²) in [5.74, 6) is 4.06. The zero-order valence-electron chi connectivity index (χ0n) is 17.4. The van der Waals surface area contributed by atoms with Crippen LogP contribution in [-0.4, -0.2) is 22.2 Å². The van der Waals surface area contributed by atoms with E-state index < -0.39 is 11.9 Å². The summed E-state index contributed by atoms with van der Waals surface area (Å²) in [4.78, 5) is 22.9. The Morgan fingerprint density at radius 3 is 2.12 bits per heavy atom. The van der Waals surface area contributed by atoms with Crippen LogP contribution in [0.3, 0.4) is 0 Å². The van der Waals surface area contributed by atoms with Gasteiger partial charge in [0.25, 0.3) is 0 Å². The number of carbonyl (C=O) groups is 2. The summed E-state index contributed by atoms with van der Waals surface area (Å²) in [6.07, 6.45) is 0. The molecule has 4 aromatic carbocycles. The third-order valence-corrected chi connectivity index (χ3v) is 4.88. The molecule has 5 nitrogen and oxygen atoms in total. The van der Waals surface area contributed by atoms with E-state index in [2.05, 4.69) is 11.8 Å². The Morgan fingerprint density at radius 1 is 0.636 bits per heavy atom. The zero-order valence-corrected chi connectivity index (χ0v) is 17.4. The predicted molar refractivity (Wildman–Crippen MR) is 125 cm³/mol. The van der Waals surface area contributed by atoms with Crippen LogP contribution in [0.15, 0.2) is 97.1 Å². The molecule has 0 aliphatic carbocycles. The molecule has 0 aliphatic rings. The van der Waals surface area contributed by atoms with Crippen molar-refractivity contribution in [3.8, 4) is 34.5 Å². The van der Waals surface area contributed by atoms with E-state index in [1.54, 1.807) is 24.3 Å². The second-order valence-corrected chi connectivity index (χ2v) is 7.12. The predicted octanol–water partition coefficient (Wildman–Crippen LogP) is 5.94. The van der Waals surface area contributed by atoms with Gasteiger partial charge in [0, 0.05) is 5.56 Å². The largest absolute Gasteiger partial charge is 0.478 e. The smallest absolute Gasteiger partial charge is 0.339 e. The van der Waals surface area contributed by atoms with Gasteiger partial charge >= 0.3 is 11.9 Å². The van der Waals surface area contributed by atoms with Crippen molar-refractivity contribution in [2.75, 3.05) is 0 Å². The van der Waals surface area contributed by atoms with Gasteiger partial charge in [0.2, 0.25) is 0 Å². The minimum atomic E-state index is -1.22.